The van der Waals surface area contributed by atoms with Gasteiger partial charge in [-0.3, -0.25) is 4.79 Å². The van der Waals surface area contributed by atoms with Crippen molar-refractivity contribution in [2.45, 2.75) is 26.2 Å². The van der Waals surface area contributed by atoms with Gasteiger partial charge in [-0.15, -0.1) is 0 Å². The van der Waals surface area contributed by atoms with E-state index in [1.807, 2.05) is 12.1 Å². The van der Waals surface area contributed by atoms with E-state index in [4.69, 9.17) is 17.3 Å². The van der Waals surface area contributed by atoms with Gasteiger partial charge in [-0.05, 0) is 50.4 Å². The minimum Gasteiger partial charge on any atom is -0.371 e. The number of rotatable bonds is 6. The van der Waals surface area contributed by atoms with Gasteiger partial charge in [-0.1, -0.05) is 24.6 Å². The largest absolute Gasteiger partial charge is 0.371 e. The number of nitrogens with zero attached hydrogens (tertiary/aromatic N) is 1. The first-order valence-electron chi connectivity index (χ1n) is 7.67. The quantitative estimate of drug-likeness (QED) is 0.849. The molecule has 3 N–H and O–H groups in total. The first-order valence-corrected chi connectivity index (χ1v) is 8.05. The van der Waals surface area contributed by atoms with Gasteiger partial charge in [0.1, 0.15) is 0 Å². The van der Waals surface area contributed by atoms with Crippen LogP contribution in [-0.4, -0.2) is 32.1 Å². The van der Waals surface area contributed by atoms with Crippen LogP contribution >= 0.6 is 11.6 Å². The number of piperidine rings is 1. The maximum atomic E-state index is 11.7. The van der Waals surface area contributed by atoms with Crippen molar-refractivity contribution in [3.05, 3.63) is 28.8 Å². The number of anilines is 1. The second kappa shape index (κ2) is 7.66. The number of primary amides is 1. The van der Waals surface area contributed by atoms with Crippen molar-refractivity contribution in [3.63, 3.8) is 0 Å². The molecule has 1 atom stereocenters. The lowest BCUT2D eigenvalue weighted by atomic mass is 9.98. The van der Waals surface area contributed by atoms with Crippen molar-refractivity contribution in [2.75, 3.05) is 31.1 Å². The molecule has 1 aromatic rings. The molecule has 116 valence electrons. The molecule has 1 unspecified atom stereocenters. The van der Waals surface area contributed by atoms with Gasteiger partial charge < -0.3 is 16.0 Å². The Kier molecular flexibility index (Phi) is 5.88. The van der Waals surface area contributed by atoms with Crippen LogP contribution in [0.5, 0.6) is 0 Å². The van der Waals surface area contributed by atoms with E-state index < -0.39 is 5.91 Å². The highest BCUT2D eigenvalue weighted by Gasteiger charge is 2.21. The third-order valence-corrected chi connectivity index (χ3v) is 4.26. The predicted octanol–water partition coefficient (Wildman–Crippen LogP) is 2.65. The van der Waals surface area contributed by atoms with Gasteiger partial charge in [0.2, 0.25) is 0 Å². The topological polar surface area (TPSA) is 58.4 Å². The SMILES string of the molecule is CCCN(CC1CCCNC1)c1cccc(Cl)c1C(N)=O. The zero-order chi connectivity index (χ0) is 15.2. The molecule has 1 amide bonds. The molecule has 0 radical (unpaired) electrons. The second-order valence-corrected chi connectivity index (χ2v) is 6.06. The summed E-state index contributed by atoms with van der Waals surface area (Å²) >= 11 is 6.17. The van der Waals surface area contributed by atoms with Gasteiger partial charge in [0, 0.05) is 13.1 Å². The number of nitrogens with two attached hydrogens (primary N) is 1. The Morgan fingerprint density at radius 1 is 1.52 bits per heavy atom. The summed E-state index contributed by atoms with van der Waals surface area (Å²) in [5, 5.41) is 3.87. The number of halogens is 1. The van der Waals surface area contributed by atoms with Gasteiger partial charge in [0.05, 0.1) is 16.3 Å². The van der Waals surface area contributed by atoms with Gasteiger partial charge in [-0.25, -0.2) is 0 Å². The van der Waals surface area contributed by atoms with E-state index in [2.05, 4.69) is 17.1 Å². The first-order chi connectivity index (χ1) is 10.1. The number of hydrogen-bond acceptors (Lipinski definition) is 3. The number of carbonyl (C=O) groups excluding carboxylic acids is 1. The minimum absolute atomic E-state index is 0.433. The van der Waals surface area contributed by atoms with Crippen molar-refractivity contribution in [1.29, 1.82) is 0 Å². The van der Waals surface area contributed by atoms with Gasteiger partial charge in [0.15, 0.2) is 0 Å². The van der Waals surface area contributed by atoms with Gasteiger partial charge in [-0.2, -0.15) is 0 Å². The highest BCUT2D eigenvalue weighted by molar-refractivity contribution is 6.34. The third-order valence-electron chi connectivity index (χ3n) is 3.95. The fourth-order valence-electron chi connectivity index (χ4n) is 2.99. The van der Waals surface area contributed by atoms with Crippen LogP contribution in [-0.2, 0) is 0 Å². The summed E-state index contributed by atoms with van der Waals surface area (Å²) in [6.45, 7) is 6.11. The van der Waals surface area contributed by atoms with Crippen LogP contribution in [0.1, 0.15) is 36.5 Å². The van der Waals surface area contributed by atoms with Crippen molar-refractivity contribution in [1.82, 2.24) is 5.32 Å². The molecule has 0 bridgehead atoms. The van der Waals surface area contributed by atoms with E-state index in [0.717, 1.165) is 38.3 Å². The molecule has 5 heteroatoms. The maximum absolute atomic E-state index is 11.7. The van der Waals surface area contributed by atoms with Crippen LogP contribution in [0, 0.1) is 5.92 Å². The standard InChI is InChI=1S/C16H24ClN3O/c1-2-9-20(11-12-5-4-8-19-10-12)14-7-3-6-13(17)15(14)16(18)21/h3,6-7,12,19H,2,4-5,8-11H2,1H3,(H2,18,21). The van der Waals surface area contributed by atoms with E-state index in [1.165, 1.54) is 12.8 Å². The zero-order valence-electron chi connectivity index (χ0n) is 12.6. The lowest BCUT2D eigenvalue weighted by molar-refractivity contribution is 0.100. The van der Waals surface area contributed by atoms with Crippen LogP contribution in [0.25, 0.3) is 0 Å². The lowest BCUT2D eigenvalue weighted by Crippen LogP contribution is -2.39. The van der Waals surface area contributed by atoms with Crippen LogP contribution in [0.15, 0.2) is 18.2 Å². The van der Waals surface area contributed by atoms with Crippen molar-refractivity contribution in [3.8, 4) is 0 Å². The minimum atomic E-state index is -0.460. The summed E-state index contributed by atoms with van der Waals surface area (Å²) in [4.78, 5) is 14.0. The molecule has 0 spiro atoms. The average Bonchev–Trinajstić information content (AvgIpc) is 2.47. The Balaban J connectivity index is 2.24. The summed E-state index contributed by atoms with van der Waals surface area (Å²) in [6.07, 6.45) is 3.45. The molecule has 1 saturated heterocycles. The molecule has 4 nitrogen and oxygen atoms in total. The van der Waals surface area contributed by atoms with Crippen molar-refractivity contribution in [2.24, 2.45) is 11.7 Å². The summed E-state index contributed by atoms with van der Waals surface area (Å²) in [5.74, 6) is 0.142. The molecule has 0 aromatic heterocycles. The summed E-state index contributed by atoms with van der Waals surface area (Å²) in [5.41, 5.74) is 6.82. The molecule has 1 aliphatic rings. The van der Waals surface area contributed by atoms with Crippen LogP contribution in [0.2, 0.25) is 5.02 Å². The van der Waals surface area contributed by atoms with Gasteiger partial charge in [0.25, 0.3) is 5.91 Å². The fourth-order valence-corrected chi connectivity index (χ4v) is 3.25. The molecule has 2 rings (SSSR count). The highest BCUT2D eigenvalue weighted by atomic mass is 35.5. The van der Waals surface area contributed by atoms with Crippen LogP contribution in [0.4, 0.5) is 5.69 Å². The number of nitrogens with one attached hydrogen (secondary N) is 1. The number of benzene rings is 1. The lowest BCUT2D eigenvalue weighted by Gasteiger charge is -2.32. The summed E-state index contributed by atoms with van der Waals surface area (Å²) in [6, 6.07) is 5.54. The van der Waals surface area contributed by atoms with E-state index in [-0.39, 0.29) is 0 Å². The van der Waals surface area contributed by atoms with E-state index in [1.54, 1.807) is 6.07 Å². The summed E-state index contributed by atoms with van der Waals surface area (Å²) < 4.78 is 0. The molecule has 0 aliphatic carbocycles. The average molecular weight is 310 g/mol. The zero-order valence-corrected chi connectivity index (χ0v) is 13.3. The Bertz CT molecular complexity index is 486. The highest BCUT2D eigenvalue weighted by Crippen LogP contribution is 2.28. The molecule has 0 saturated carbocycles. The van der Waals surface area contributed by atoms with E-state index >= 15 is 0 Å². The Hall–Kier alpha value is -1.26. The van der Waals surface area contributed by atoms with Crippen LogP contribution in [0.3, 0.4) is 0 Å². The normalized spacial score (nSPS) is 18.5. The Labute approximate surface area is 131 Å². The fraction of sp³-hybridized carbons (Fsp3) is 0.562. The van der Waals surface area contributed by atoms with E-state index in [0.29, 0.717) is 16.5 Å². The molecule has 1 fully saturated rings. The second-order valence-electron chi connectivity index (χ2n) is 5.66. The van der Waals surface area contributed by atoms with Crippen molar-refractivity contribution >= 4 is 23.2 Å². The maximum Gasteiger partial charge on any atom is 0.252 e. The first kappa shape index (κ1) is 16.1. The van der Waals surface area contributed by atoms with E-state index in [9.17, 15) is 4.79 Å². The smallest absolute Gasteiger partial charge is 0.252 e. The Morgan fingerprint density at radius 2 is 2.33 bits per heavy atom. The third kappa shape index (κ3) is 4.11. The van der Waals surface area contributed by atoms with Crippen LogP contribution < -0.4 is 16.0 Å². The molecule has 1 aliphatic heterocycles. The number of carbonyl (C=O) groups is 1. The predicted molar refractivity (Wildman–Crippen MR) is 88.1 cm³/mol. The number of amides is 1. The van der Waals surface area contributed by atoms with Crippen molar-refractivity contribution < 1.29 is 4.79 Å². The monoisotopic (exact) mass is 309 g/mol. The molecule has 1 aromatic carbocycles. The summed E-state index contributed by atoms with van der Waals surface area (Å²) in [7, 11) is 0. The number of hydrogen-bond donors (Lipinski definition) is 2. The van der Waals surface area contributed by atoms with Gasteiger partial charge >= 0.3 is 0 Å². The molecular weight excluding hydrogens is 286 g/mol. The Morgan fingerprint density at radius 3 is 2.95 bits per heavy atom. The molecule has 1 heterocycles. The molecular formula is C16H24ClN3O. The molecule has 21 heavy (non-hydrogen) atoms.